The van der Waals surface area contributed by atoms with Gasteiger partial charge in [0.05, 0.1) is 23.6 Å². The van der Waals surface area contributed by atoms with Crippen LogP contribution in [-0.2, 0) is 19.4 Å². The second-order valence-electron chi connectivity index (χ2n) is 4.86. The summed E-state index contributed by atoms with van der Waals surface area (Å²) in [7, 11) is -3.44. The van der Waals surface area contributed by atoms with E-state index in [1.54, 1.807) is 0 Å². The second kappa shape index (κ2) is 6.35. The van der Waals surface area contributed by atoms with E-state index >= 15 is 0 Å². The number of sulfone groups is 1. The number of hydrogen-bond donors (Lipinski definition) is 1. The molecule has 7 nitrogen and oxygen atoms in total. The quantitative estimate of drug-likeness (QED) is 0.816. The Labute approximate surface area is 135 Å². The predicted molar refractivity (Wildman–Crippen MR) is 80.5 cm³/mol. The van der Waals surface area contributed by atoms with Crippen molar-refractivity contribution in [3.05, 3.63) is 28.2 Å². The van der Waals surface area contributed by atoms with Gasteiger partial charge < -0.3 is 14.7 Å². The number of rotatable bonds is 3. The van der Waals surface area contributed by atoms with Crippen LogP contribution in [0.4, 0.5) is 0 Å². The first-order valence-corrected chi connectivity index (χ1v) is 9.02. The summed E-state index contributed by atoms with van der Waals surface area (Å²) in [5, 5.41) is 8.96. The highest BCUT2D eigenvalue weighted by atomic mass is 79.9. The zero-order valence-corrected chi connectivity index (χ0v) is 14.1. The number of carbonyl (C=O) groups is 2. The molecule has 0 unspecified atom stereocenters. The summed E-state index contributed by atoms with van der Waals surface area (Å²) in [5.41, 5.74) is 0.175. The lowest BCUT2D eigenvalue weighted by Gasteiger charge is -2.31. The molecular formula is C13H14BrNO6S. The molecule has 1 heterocycles. The Kier molecular flexibility index (Phi) is 4.88. The van der Waals surface area contributed by atoms with Crippen molar-refractivity contribution in [1.29, 1.82) is 0 Å². The lowest BCUT2D eigenvalue weighted by Crippen LogP contribution is -2.48. The monoisotopic (exact) mass is 391 g/mol. The maximum absolute atomic E-state index is 12.5. The van der Waals surface area contributed by atoms with Gasteiger partial charge in [-0.1, -0.05) is 0 Å². The van der Waals surface area contributed by atoms with Crippen LogP contribution in [-0.4, -0.2) is 62.4 Å². The molecule has 0 saturated carbocycles. The molecule has 1 aliphatic rings. The van der Waals surface area contributed by atoms with Gasteiger partial charge in [-0.25, -0.2) is 13.2 Å². The van der Waals surface area contributed by atoms with E-state index in [-0.39, 0.29) is 30.2 Å². The van der Waals surface area contributed by atoms with Crippen molar-refractivity contribution in [1.82, 2.24) is 4.90 Å². The van der Waals surface area contributed by atoms with Crippen molar-refractivity contribution in [3.63, 3.8) is 0 Å². The van der Waals surface area contributed by atoms with Crippen molar-refractivity contribution < 1.29 is 27.9 Å². The molecule has 1 saturated heterocycles. The van der Waals surface area contributed by atoms with Crippen LogP contribution in [0.2, 0.25) is 0 Å². The van der Waals surface area contributed by atoms with Gasteiger partial charge in [0, 0.05) is 17.3 Å². The highest BCUT2D eigenvalue weighted by molar-refractivity contribution is 9.10. The number of hydrogen-bond acceptors (Lipinski definition) is 5. The first-order chi connectivity index (χ1) is 10.2. The van der Waals surface area contributed by atoms with E-state index in [1.165, 1.54) is 23.1 Å². The van der Waals surface area contributed by atoms with E-state index in [9.17, 15) is 18.0 Å². The van der Waals surface area contributed by atoms with Crippen LogP contribution >= 0.6 is 15.9 Å². The molecule has 1 N–H and O–H groups in total. The summed E-state index contributed by atoms with van der Waals surface area (Å²) in [6, 6.07) is 4.17. The molecule has 1 amide bonds. The first kappa shape index (κ1) is 16.9. The predicted octanol–water partition coefficient (Wildman–Crippen LogP) is 0.778. The molecule has 120 valence electrons. The molecule has 0 spiro atoms. The molecule has 1 aromatic carbocycles. The zero-order chi connectivity index (χ0) is 16.5. The fourth-order valence-corrected chi connectivity index (χ4v) is 3.12. The molecule has 0 radical (unpaired) electrons. The molecule has 1 aromatic rings. The number of aliphatic carboxylic acids is 1. The maximum atomic E-state index is 12.5. The summed E-state index contributed by atoms with van der Waals surface area (Å²) in [4.78, 5) is 24.9. The minimum absolute atomic E-state index is 0.0297. The Balaban J connectivity index is 2.31. The van der Waals surface area contributed by atoms with Crippen LogP contribution in [0.25, 0.3) is 0 Å². The van der Waals surface area contributed by atoms with Crippen molar-refractivity contribution >= 4 is 37.6 Å². The summed E-state index contributed by atoms with van der Waals surface area (Å²) in [5.74, 6) is -1.58. The van der Waals surface area contributed by atoms with Gasteiger partial charge >= 0.3 is 5.97 Å². The minimum atomic E-state index is -3.44. The van der Waals surface area contributed by atoms with Crippen LogP contribution in [0.3, 0.4) is 0 Å². The van der Waals surface area contributed by atoms with Gasteiger partial charge in [-0.15, -0.1) is 0 Å². The highest BCUT2D eigenvalue weighted by Gasteiger charge is 2.30. The Morgan fingerprint density at radius 2 is 2.09 bits per heavy atom. The van der Waals surface area contributed by atoms with Gasteiger partial charge in [-0.3, -0.25) is 4.79 Å². The molecule has 9 heteroatoms. The van der Waals surface area contributed by atoms with E-state index in [2.05, 4.69) is 15.9 Å². The maximum Gasteiger partial charge on any atom is 0.334 e. The summed E-state index contributed by atoms with van der Waals surface area (Å²) in [6.45, 7) is 0.286. The minimum Gasteiger partial charge on any atom is -0.479 e. The highest BCUT2D eigenvalue weighted by Crippen LogP contribution is 2.23. The number of carboxylic acid groups (broad SMARTS) is 1. The largest absolute Gasteiger partial charge is 0.479 e. The Morgan fingerprint density at radius 1 is 1.41 bits per heavy atom. The van der Waals surface area contributed by atoms with Gasteiger partial charge in [-0.2, -0.15) is 0 Å². The molecule has 0 aliphatic carbocycles. The number of carboxylic acids is 1. The fraction of sp³-hybridized carbons (Fsp3) is 0.385. The molecule has 0 aromatic heterocycles. The van der Waals surface area contributed by atoms with Crippen LogP contribution in [0.15, 0.2) is 27.6 Å². The summed E-state index contributed by atoms with van der Waals surface area (Å²) in [6.07, 6.45) is -0.0192. The zero-order valence-electron chi connectivity index (χ0n) is 11.7. The van der Waals surface area contributed by atoms with Gasteiger partial charge in [0.1, 0.15) is 0 Å². The van der Waals surface area contributed by atoms with Crippen molar-refractivity contribution in [3.8, 4) is 0 Å². The topological polar surface area (TPSA) is 101 Å². The van der Waals surface area contributed by atoms with Crippen LogP contribution in [0.1, 0.15) is 10.4 Å². The van der Waals surface area contributed by atoms with Crippen LogP contribution < -0.4 is 0 Å². The Morgan fingerprint density at radius 3 is 2.68 bits per heavy atom. The Bertz CT molecular complexity index is 717. The molecule has 0 bridgehead atoms. The third-order valence-electron chi connectivity index (χ3n) is 3.23. The van der Waals surface area contributed by atoms with E-state index < -0.39 is 27.8 Å². The average Bonchev–Trinajstić information content (AvgIpc) is 2.46. The lowest BCUT2D eigenvalue weighted by molar-refractivity contribution is -0.154. The number of nitrogens with zero attached hydrogens (tertiary/aromatic N) is 1. The van der Waals surface area contributed by atoms with E-state index in [0.717, 1.165) is 6.26 Å². The molecule has 1 atom stereocenters. The van der Waals surface area contributed by atoms with E-state index in [1.807, 2.05) is 0 Å². The number of benzene rings is 1. The van der Waals surface area contributed by atoms with Crippen molar-refractivity contribution in [2.75, 3.05) is 26.0 Å². The fourth-order valence-electron chi connectivity index (χ4n) is 2.05. The molecule has 22 heavy (non-hydrogen) atoms. The van der Waals surface area contributed by atoms with Gasteiger partial charge in [-0.05, 0) is 34.1 Å². The average molecular weight is 392 g/mol. The first-order valence-electron chi connectivity index (χ1n) is 6.33. The van der Waals surface area contributed by atoms with Gasteiger partial charge in [0.2, 0.25) is 0 Å². The third kappa shape index (κ3) is 3.65. The lowest BCUT2D eigenvalue weighted by atomic mass is 10.1. The number of ether oxygens (including phenoxy) is 1. The van der Waals surface area contributed by atoms with Crippen LogP contribution in [0.5, 0.6) is 0 Å². The second-order valence-corrected chi connectivity index (χ2v) is 7.73. The summed E-state index contributed by atoms with van der Waals surface area (Å²) >= 11 is 3.22. The van der Waals surface area contributed by atoms with Gasteiger partial charge in [0.25, 0.3) is 5.91 Å². The van der Waals surface area contributed by atoms with Gasteiger partial charge in [0.15, 0.2) is 15.9 Å². The number of amides is 1. The SMILES string of the molecule is CS(=O)(=O)c1ccc(Br)c(C(=O)N2CCO[C@@H](C(=O)O)C2)c1. The number of morpholine rings is 1. The molecular weight excluding hydrogens is 378 g/mol. The van der Waals surface area contributed by atoms with Crippen LogP contribution in [0, 0.1) is 0 Å². The van der Waals surface area contributed by atoms with E-state index in [0.29, 0.717) is 4.47 Å². The van der Waals surface area contributed by atoms with Crippen molar-refractivity contribution in [2.45, 2.75) is 11.0 Å². The third-order valence-corrected chi connectivity index (χ3v) is 5.03. The molecule has 1 fully saturated rings. The van der Waals surface area contributed by atoms with Crippen molar-refractivity contribution in [2.24, 2.45) is 0 Å². The smallest absolute Gasteiger partial charge is 0.334 e. The number of halogens is 1. The van der Waals surface area contributed by atoms with E-state index in [4.69, 9.17) is 9.84 Å². The summed E-state index contributed by atoms with van der Waals surface area (Å²) < 4.78 is 28.7. The normalized spacial score (nSPS) is 19.0. The molecule has 1 aliphatic heterocycles. The molecule has 2 rings (SSSR count). The Hall–Kier alpha value is -1.45. The standard InChI is InChI=1S/C13H14BrNO6S/c1-22(19,20)8-2-3-10(14)9(6-8)12(16)15-4-5-21-11(7-15)13(17)18/h2-3,6,11H,4-5,7H2,1H3,(H,17,18)/t11-/m1/s1. The number of carbonyl (C=O) groups excluding carboxylic acids is 1.